The Hall–Kier alpha value is -3.97. The minimum atomic E-state index is -0.382. The van der Waals surface area contributed by atoms with Crippen LogP contribution in [0.2, 0.25) is 0 Å². The van der Waals surface area contributed by atoms with Crippen molar-refractivity contribution >= 4 is 33.6 Å². The van der Waals surface area contributed by atoms with Gasteiger partial charge >= 0.3 is 0 Å². The van der Waals surface area contributed by atoms with Crippen LogP contribution in [-0.2, 0) is 13.0 Å². The second-order valence-electron chi connectivity index (χ2n) is 8.32. The summed E-state index contributed by atoms with van der Waals surface area (Å²) in [5, 5.41) is 14.8. The molecule has 2 heterocycles. The molecule has 5 aromatic rings. The van der Waals surface area contributed by atoms with E-state index in [0.29, 0.717) is 12.2 Å². The molecule has 3 aromatic carbocycles. The zero-order valence-corrected chi connectivity index (χ0v) is 19.8. The monoisotopic (exact) mass is 468 g/mol. The molecule has 0 unspecified atom stereocenters. The van der Waals surface area contributed by atoms with Gasteiger partial charge in [-0.1, -0.05) is 42.5 Å². The highest BCUT2D eigenvalue weighted by molar-refractivity contribution is 7.07. The normalized spacial score (nSPS) is 11.9. The van der Waals surface area contributed by atoms with E-state index in [2.05, 4.69) is 65.3 Å². The van der Waals surface area contributed by atoms with Crippen LogP contribution < -0.4 is 4.80 Å². The van der Waals surface area contributed by atoms with E-state index in [1.807, 2.05) is 12.1 Å². The Morgan fingerprint density at radius 1 is 1.03 bits per heavy atom. The number of thiazole rings is 1. The van der Waals surface area contributed by atoms with Crippen LogP contribution in [0.15, 0.2) is 83.3 Å². The van der Waals surface area contributed by atoms with Gasteiger partial charge in [0.15, 0.2) is 4.80 Å². The Morgan fingerprint density at radius 2 is 1.82 bits per heavy atom. The minimum Gasteiger partial charge on any atom is -0.361 e. The summed E-state index contributed by atoms with van der Waals surface area (Å²) in [6, 6.07) is 21.3. The summed E-state index contributed by atoms with van der Waals surface area (Å²) in [4.78, 5) is 20.0. The predicted octanol–water partition coefficient (Wildman–Crippen LogP) is 6.70. The molecule has 170 valence electrons. The van der Waals surface area contributed by atoms with Crippen LogP contribution in [0, 0.1) is 24.0 Å². The highest BCUT2D eigenvalue weighted by atomic mass is 32.1. The van der Waals surface area contributed by atoms with Gasteiger partial charge in [0.2, 0.25) is 0 Å². The number of aromatic amines is 1. The lowest BCUT2D eigenvalue weighted by atomic mass is 10.0. The van der Waals surface area contributed by atoms with E-state index in [9.17, 15) is 10.1 Å². The summed E-state index contributed by atoms with van der Waals surface area (Å²) in [5.41, 5.74) is 7.36. The first-order valence-corrected chi connectivity index (χ1v) is 12.0. The number of H-pyrrole nitrogens is 1. The molecule has 7 heteroatoms. The fourth-order valence-corrected chi connectivity index (χ4v) is 5.10. The first kappa shape index (κ1) is 21.9. The standard InChI is InChI=1S/C27H24N4O2S/c1-18-11-12-20(15-19(18)2)26-17-34-27(29-24-9-5-6-10-25(24)31(32)33)30(26)14-13-21-16-28-23-8-4-3-7-22(21)23/h3-12,15-17,28H,13-14H2,1-2H3. The molecule has 0 amide bonds. The molecule has 0 radical (unpaired) electrons. The minimum absolute atomic E-state index is 0.00630. The number of fused-ring (bicyclic) bond motifs is 1. The van der Waals surface area contributed by atoms with Crippen molar-refractivity contribution in [1.29, 1.82) is 0 Å². The van der Waals surface area contributed by atoms with Crippen LogP contribution in [0.25, 0.3) is 22.2 Å². The van der Waals surface area contributed by atoms with Crippen molar-refractivity contribution in [3.63, 3.8) is 0 Å². The van der Waals surface area contributed by atoms with Crippen LogP contribution in [-0.4, -0.2) is 14.5 Å². The average Bonchev–Trinajstić information content (AvgIpc) is 3.43. The topological polar surface area (TPSA) is 76.2 Å². The number of hydrogen-bond acceptors (Lipinski definition) is 4. The van der Waals surface area contributed by atoms with Crippen LogP contribution in [0.4, 0.5) is 11.4 Å². The molecule has 2 aromatic heterocycles. The van der Waals surface area contributed by atoms with Crippen molar-refractivity contribution in [1.82, 2.24) is 9.55 Å². The van der Waals surface area contributed by atoms with Crippen molar-refractivity contribution in [2.24, 2.45) is 4.99 Å². The Bertz CT molecular complexity index is 1580. The van der Waals surface area contributed by atoms with E-state index >= 15 is 0 Å². The molecule has 0 bridgehead atoms. The molecule has 6 nitrogen and oxygen atoms in total. The van der Waals surface area contributed by atoms with Crippen molar-refractivity contribution in [3.8, 4) is 11.3 Å². The lowest BCUT2D eigenvalue weighted by Crippen LogP contribution is -2.17. The molecule has 0 saturated heterocycles. The first-order valence-electron chi connectivity index (χ1n) is 11.1. The molecular formula is C27H24N4O2S. The second-order valence-corrected chi connectivity index (χ2v) is 9.16. The Labute approximate surface area is 201 Å². The van der Waals surface area contributed by atoms with E-state index in [1.165, 1.54) is 39.5 Å². The summed E-state index contributed by atoms with van der Waals surface area (Å²) in [6.45, 7) is 4.92. The van der Waals surface area contributed by atoms with Crippen LogP contribution in [0.1, 0.15) is 16.7 Å². The van der Waals surface area contributed by atoms with Crippen molar-refractivity contribution in [2.45, 2.75) is 26.8 Å². The molecule has 0 saturated carbocycles. The third-order valence-electron chi connectivity index (χ3n) is 6.17. The summed E-state index contributed by atoms with van der Waals surface area (Å²) in [5.74, 6) is 0. The summed E-state index contributed by atoms with van der Waals surface area (Å²) < 4.78 is 2.17. The van der Waals surface area contributed by atoms with Gasteiger partial charge in [-0.15, -0.1) is 11.3 Å². The summed E-state index contributed by atoms with van der Waals surface area (Å²) in [7, 11) is 0. The van der Waals surface area contributed by atoms with E-state index in [0.717, 1.165) is 28.0 Å². The number of nitrogens with one attached hydrogen (secondary N) is 1. The first-order chi connectivity index (χ1) is 16.5. The molecule has 0 aliphatic rings. The second kappa shape index (κ2) is 9.11. The molecule has 0 atom stereocenters. The van der Waals surface area contributed by atoms with E-state index in [4.69, 9.17) is 4.99 Å². The molecule has 1 N–H and O–H groups in total. The number of para-hydroxylation sites is 3. The Kier molecular flexibility index (Phi) is 5.86. The van der Waals surface area contributed by atoms with Gasteiger partial charge in [-0.3, -0.25) is 10.1 Å². The van der Waals surface area contributed by atoms with E-state index < -0.39 is 0 Å². The van der Waals surface area contributed by atoms with Crippen LogP contribution >= 0.6 is 11.3 Å². The lowest BCUT2D eigenvalue weighted by Gasteiger charge is -2.11. The third-order valence-corrected chi connectivity index (χ3v) is 7.04. The maximum atomic E-state index is 11.5. The van der Waals surface area contributed by atoms with Crippen LogP contribution in [0.5, 0.6) is 0 Å². The molecule has 5 rings (SSSR count). The highest BCUT2D eigenvalue weighted by Gasteiger charge is 2.14. The third kappa shape index (κ3) is 4.18. The van der Waals surface area contributed by atoms with E-state index in [1.54, 1.807) is 18.2 Å². The number of nitrogens with zero attached hydrogens (tertiary/aromatic N) is 3. The number of nitro groups is 1. The van der Waals surface area contributed by atoms with Gasteiger partial charge in [-0.25, -0.2) is 4.99 Å². The van der Waals surface area contributed by atoms with Gasteiger partial charge in [0.1, 0.15) is 5.69 Å². The van der Waals surface area contributed by atoms with Gasteiger partial charge < -0.3 is 9.55 Å². The van der Waals surface area contributed by atoms with Crippen molar-refractivity contribution < 1.29 is 4.92 Å². The highest BCUT2D eigenvalue weighted by Crippen LogP contribution is 2.28. The number of benzene rings is 3. The molecule has 0 fully saturated rings. The number of aromatic nitrogens is 2. The van der Waals surface area contributed by atoms with Gasteiger partial charge in [0.05, 0.1) is 10.6 Å². The number of nitro benzene ring substituents is 1. The van der Waals surface area contributed by atoms with Gasteiger partial charge in [0.25, 0.3) is 5.69 Å². The zero-order valence-electron chi connectivity index (χ0n) is 19.0. The summed E-state index contributed by atoms with van der Waals surface area (Å²) >= 11 is 1.50. The maximum Gasteiger partial charge on any atom is 0.294 e. The number of aryl methyl sites for hydroxylation is 3. The fourth-order valence-electron chi connectivity index (χ4n) is 4.15. The van der Waals surface area contributed by atoms with Crippen LogP contribution in [0.3, 0.4) is 0 Å². The molecular weight excluding hydrogens is 444 g/mol. The van der Waals surface area contributed by atoms with Gasteiger partial charge in [-0.05, 0) is 60.7 Å². The molecule has 34 heavy (non-hydrogen) atoms. The predicted molar refractivity (Wildman–Crippen MR) is 138 cm³/mol. The van der Waals surface area contributed by atoms with Gasteiger partial charge in [0, 0.05) is 35.1 Å². The number of hydrogen-bond donors (Lipinski definition) is 1. The quantitative estimate of drug-likeness (QED) is 0.222. The van der Waals surface area contributed by atoms with E-state index in [-0.39, 0.29) is 10.6 Å². The largest absolute Gasteiger partial charge is 0.361 e. The molecule has 0 aliphatic carbocycles. The number of rotatable bonds is 6. The van der Waals surface area contributed by atoms with Crippen molar-refractivity contribution in [3.05, 3.63) is 110 Å². The Balaban J connectivity index is 1.61. The molecule has 0 aliphatic heterocycles. The average molecular weight is 469 g/mol. The lowest BCUT2D eigenvalue weighted by molar-refractivity contribution is -0.384. The van der Waals surface area contributed by atoms with Crippen molar-refractivity contribution in [2.75, 3.05) is 0 Å². The molecule has 0 spiro atoms. The Morgan fingerprint density at radius 3 is 2.65 bits per heavy atom. The maximum absolute atomic E-state index is 11.5. The zero-order chi connectivity index (χ0) is 23.7. The smallest absolute Gasteiger partial charge is 0.294 e. The summed E-state index contributed by atoms with van der Waals surface area (Å²) in [6.07, 6.45) is 2.87. The van der Waals surface area contributed by atoms with Gasteiger partial charge in [-0.2, -0.15) is 0 Å². The fraction of sp³-hybridized carbons (Fsp3) is 0.148. The SMILES string of the molecule is Cc1ccc(-c2csc(=Nc3ccccc3[N+](=O)[O-])n2CCc2c[nH]c3ccccc23)cc1C.